The lowest BCUT2D eigenvalue weighted by Gasteiger charge is -2.23. The molecule has 3 rings (SSSR count). The number of imidazole rings is 1. The molecular formula is C17H26N4OS. The zero-order valence-corrected chi connectivity index (χ0v) is 14.8. The molecule has 0 aromatic carbocycles. The van der Waals surface area contributed by atoms with Crippen molar-refractivity contribution in [3.63, 3.8) is 0 Å². The van der Waals surface area contributed by atoms with Gasteiger partial charge < -0.3 is 14.2 Å². The number of thiophene rings is 1. The quantitative estimate of drug-likeness (QED) is 0.727. The second kappa shape index (κ2) is 8.06. The number of hydrogen-bond donors (Lipinski definition) is 0. The highest BCUT2D eigenvalue weighted by Crippen LogP contribution is 2.19. The van der Waals surface area contributed by atoms with Gasteiger partial charge in [-0.25, -0.2) is 4.98 Å². The summed E-state index contributed by atoms with van der Waals surface area (Å²) in [4.78, 5) is 9.18. The summed E-state index contributed by atoms with van der Waals surface area (Å²) in [5.74, 6) is 1.67. The van der Waals surface area contributed by atoms with E-state index in [0.29, 0.717) is 5.92 Å². The first kappa shape index (κ1) is 16.6. The Morgan fingerprint density at radius 2 is 2.30 bits per heavy atom. The van der Waals surface area contributed by atoms with Crippen LogP contribution in [-0.4, -0.2) is 59.7 Å². The van der Waals surface area contributed by atoms with E-state index in [9.17, 15) is 0 Å². The number of likely N-dealkylation sites (N-methyl/N-ethyl adjacent to an activating group) is 1. The number of aromatic nitrogens is 2. The first-order chi connectivity index (χ1) is 11.2. The van der Waals surface area contributed by atoms with Gasteiger partial charge in [0.25, 0.3) is 0 Å². The average Bonchev–Trinajstić information content (AvgIpc) is 3.13. The van der Waals surface area contributed by atoms with E-state index in [1.165, 1.54) is 5.56 Å². The van der Waals surface area contributed by atoms with Gasteiger partial charge >= 0.3 is 0 Å². The number of rotatable bonds is 7. The van der Waals surface area contributed by atoms with E-state index in [2.05, 4.69) is 56.5 Å². The van der Waals surface area contributed by atoms with Crippen molar-refractivity contribution in [1.29, 1.82) is 0 Å². The third-order valence-electron chi connectivity index (χ3n) is 4.16. The van der Waals surface area contributed by atoms with Crippen molar-refractivity contribution in [2.45, 2.75) is 19.6 Å². The molecule has 5 nitrogen and oxygen atoms in total. The fourth-order valence-electron chi connectivity index (χ4n) is 2.99. The molecule has 2 aromatic rings. The molecule has 0 amide bonds. The Kier molecular flexibility index (Phi) is 5.83. The molecule has 0 aliphatic carbocycles. The van der Waals surface area contributed by atoms with E-state index >= 15 is 0 Å². The predicted molar refractivity (Wildman–Crippen MR) is 93.5 cm³/mol. The fraction of sp³-hybridized carbons (Fsp3) is 0.588. The summed E-state index contributed by atoms with van der Waals surface area (Å²) in [6, 6.07) is 2.21. The average molecular weight is 334 g/mol. The van der Waals surface area contributed by atoms with Crippen LogP contribution in [0.5, 0.6) is 0 Å². The molecule has 0 bridgehead atoms. The van der Waals surface area contributed by atoms with E-state index < -0.39 is 0 Å². The van der Waals surface area contributed by atoms with Crippen molar-refractivity contribution in [3.05, 3.63) is 40.6 Å². The number of ether oxygens (including phenoxy) is 1. The molecular weight excluding hydrogens is 308 g/mol. The Bertz CT molecular complexity index is 581. The second-order valence-electron chi connectivity index (χ2n) is 6.54. The maximum Gasteiger partial charge on any atom is 0.122 e. The van der Waals surface area contributed by atoms with Gasteiger partial charge in [-0.3, -0.25) is 4.90 Å². The molecule has 0 saturated heterocycles. The lowest BCUT2D eigenvalue weighted by Crippen LogP contribution is -2.30. The molecule has 0 saturated carbocycles. The summed E-state index contributed by atoms with van der Waals surface area (Å²) in [7, 11) is 4.16. The molecule has 0 spiro atoms. The minimum absolute atomic E-state index is 0.506. The highest BCUT2D eigenvalue weighted by Gasteiger charge is 2.22. The summed E-state index contributed by atoms with van der Waals surface area (Å²) in [5.41, 5.74) is 1.39. The van der Waals surface area contributed by atoms with E-state index in [1.807, 2.05) is 6.20 Å². The summed E-state index contributed by atoms with van der Waals surface area (Å²) >= 11 is 1.76. The van der Waals surface area contributed by atoms with Crippen molar-refractivity contribution in [1.82, 2.24) is 19.4 Å². The van der Waals surface area contributed by atoms with Gasteiger partial charge in [-0.2, -0.15) is 11.3 Å². The van der Waals surface area contributed by atoms with Crippen LogP contribution in [0, 0.1) is 5.92 Å². The molecule has 126 valence electrons. The van der Waals surface area contributed by atoms with Crippen molar-refractivity contribution < 1.29 is 4.74 Å². The molecule has 0 N–H and O–H groups in total. The van der Waals surface area contributed by atoms with E-state index in [4.69, 9.17) is 4.74 Å². The summed E-state index contributed by atoms with van der Waals surface area (Å²) < 4.78 is 8.20. The number of fused-ring (bicyclic) bond motifs is 1. The highest BCUT2D eigenvalue weighted by molar-refractivity contribution is 7.07. The van der Waals surface area contributed by atoms with Gasteiger partial charge in [0.05, 0.1) is 19.8 Å². The molecule has 0 unspecified atom stereocenters. The SMILES string of the molecule is CN(C)CCOC[C@@H]1CN(Cc2ccsc2)Cc2nccn2C1. The first-order valence-corrected chi connectivity index (χ1v) is 9.11. The van der Waals surface area contributed by atoms with Crippen LogP contribution < -0.4 is 0 Å². The molecule has 1 aliphatic rings. The molecule has 3 heterocycles. The second-order valence-corrected chi connectivity index (χ2v) is 7.32. The van der Waals surface area contributed by atoms with Crippen molar-refractivity contribution in [3.8, 4) is 0 Å². The summed E-state index contributed by atoms with van der Waals surface area (Å²) in [6.45, 7) is 6.54. The van der Waals surface area contributed by atoms with Crippen molar-refractivity contribution in [2.75, 3.05) is 40.4 Å². The molecule has 2 aromatic heterocycles. The van der Waals surface area contributed by atoms with E-state index in [1.54, 1.807) is 11.3 Å². The zero-order valence-electron chi connectivity index (χ0n) is 14.0. The third kappa shape index (κ3) is 4.88. The van der Waals surface area contributed by atoms with Crippen LogP contribution in [-0.2, 0) is 24.4 Å². The zero-order chi connectivity index (χ0) is 16.1. The van der Waals surface area contributed by atoms with Crippen LogP contribution in [0.3, 0.4) is 0 Å². The third-order valence-corrected chi connectivity index (χ3v) is 4.89. The Labute approximate surface area is 142 Å². The van der Waals surface area contributed by atoms with Gasteiger partial charge in [-0.05, 0) is 36.5 Å². The van der Waals surface area contributed by atoms with Crippen LogP contribution in [0.1, 0.15) is 11.4 Å². The fourth-order valence-corrected chi connectivity index (χ4v) is 3.65. The van der Waals surface area contributed by atoms with Gasteiger partial charge in [0.1, 0.15) is 5.82 Å². The maximum atomic E-state index is 5.91. The maximum absolute atomic E-state index is 5.91. The standard InChI is InChI=1S/C17H26N4OS/c1-19(2)6-7-22-13-16-10-20(9-15-3-8-23-14-15)12-17-18-4-5-21(17)11-16/h3-5,8,14,16H,6-7,9-13H2,1-2H3/t16-/m1/s1. The van der Waals surface area contributed by atoms with Crippen molar-refractivity contribution in [2.24, 2.45) is 5.92 Å². The Morgan fingerprint density at radius 3 is 3.09 bits per heavy atom. The van der Waals surface area contributed by atoms with Crippen LogP contribution in [0.25, 0.3) is 0 Å². The minimum Gasteiger partial charge on any atom is -0.380 e. The molecule has 6 heteroatoms. The molecule has 1 atom stereocenters. The number of nitrogens with zero attached hydrogens (tertiary/aromatic N) is 4. The lowest BCUT2D eigenvalue weighted by atomic mass is 10.1. The van der Waals surface area contributed by atoms with E-state index in [0.717, 1.165) is 51.8 Å². The largest absolute Gasteiger partial charge is 0.380 e. The topological polar surface area (TPSA) is 33.5 Å². The molecule has 1 aliphatic heterocycles. The van der Waals surface area contributed by atoms with Crippen LogP contribution >= 0.6 is 11.3 Å². The molecule has 0 radical (unpaired) electrons. The smallest absolute Gasteiger partial charge is 0.122 e. The summed E-state index contributed by atoms with van der Waals surface area (Å²) in [6.07, 6.45) is 4.00. The van der Waals surface area contributed by atoms with E-state index in [-0.39, 0.29) is 0 Å². The highest BCUT2D eigenvalue weighted by atomic mass is 32.1. The van der Waals surface area contributed by atoms with Crippen LogP contribution in [0.2, 0.25) is 0 Å². The van der Waals surface area contributed by atoms with Gasteiger partial charge in [0.15, 0.2) is 0 Å². The van der Waals surface area contributed by atoms with Gasteiger partial charge in [0, 0.05) is 44.5 Å². The Hall–Kier alpha value is -1.21. The van der Waals surface area contributed by atoms with Gasteiger partial charge in [-0.15, -0.1) is 0 Å². The van der Waals surface area contributed by atoms with Crippen LogP contribution in [0.15, 0.2) is 29.2 Å². The van der Waals surface area contributed by atoms with Gasteiger partial charge in [0.2, 0.25) is 0 Å². The van der Waals surface area contributed by atoms with Crippen LogP contribution in [0.4, 0.5) is 0 Å². The Balaban J connectivity index is 1.60. The van der Waals surface area contributed by atoms with Gasteiger partial charge in [-0.1, -0.05) is 0 Å². The normalized spacial score (nSPS) is 19.0. The lowest BCUT2D eigenvalue weighted by molar-refractivity contribution is 0.0681. The predicted octanol–water partition coefficient (Wildman–Crippen LogP) is 2.15. The molecule has 0 fully saturated rings. The minimum atomic E-state index is 0.506. The number of hydrogen-bond acceptors (Lipinski definition) is 5. The van der Waals surface area contributed by atoms with Crippen molar-refractivity contribution >= 4 is 11.3 Å². The Morgan fingerprint density at radius 1 is 1.39 bits per heavy atom. The summed E-state index contributed by atoms with van der Waals surface area (Å²) in [5, 5.41) is 4.38. The molecule has 23 heavy (non-hydrogen) atoms. The monoisotopic (exact) mass is 334 g/mol. The first-order valence-electron chi connectivity index (χ1n) is 8.16.